The van der Waals surface area contributed by atoms with Crippen molar-refractivity contribution in [1.82, 2.24) is 36.6 Å². The Balaban J connectivity index is 1.41. The lowest BCUT2D eigenvalue weighted by Gasteiger charge is -2.26. The topological polar surface area (TPSA) is 259 Å². The molecule has 18 heteroatoms. The molecule has 0 spiro atoms. The summed E-state index contributed by atoms with van der Waals surface area (Å²) in [7, 11) is 0. The van der Waals surface area contributed by atoms with Crippen molar-refractivity contribution in [2.24, 2.45) is 16.5 Å². The average molecular weight is 827 g/mol. The van der Waals surface area contributed by atoms with Gasteiger partial charge in [0.1, 0.15) is 30.0 Å². The van der Waals surface area contributed by atoms with Gasteiger partial charge in [-0.1, -0.05) is 54.6 Å². The first-order valence-electron chi connectivity index (χ1n) is 20.1. The molecule has 3 aromatic carbocycles. The minimum absolute atomic E-state index is 0.0215. The van der Waals surface area contributed by atoms with Gasteiger partial charge in [0.25, 0.3) is 0 Å². The number of nitrogens with one attached hydrogen (secondary N) is 6. The number of aromatic nitrogens is 2. The van der Waals surface area contributed by atoms with Crippen LogP contribution in [0.25, 0.3) is 10.8 Å². The van der Waals surface area contributed by atoms with Gasteiger partial charge in [0.2, 0.25) is 29.5 Å². The summed E-state index contributed by atoms with van der Waals surface area (Å²) in [4.78, 5) is 93.1. The number of aromatic amines is 1. The van der Waals surface area contributed by atoms with Crippen LogP contribution in [-0.2, 0) is 43.2 Å². The number of carbonyl (C=O) groups is 5. The number of benzene rings is 3. The van der Waals surface area contributed by atoms with E-state index in [1.54, 1.807) is 0 Å². The molecule has 318 valence electrons. The highest BCUT2D eigenvalue weighted by atomic mass is 19.1. The number of nitroso groups, excluding NO2 is 1. The van der Waals surface area contributed by atoms with Crippen LogP contribution in [0.4, 0.5) is 4.39 Å². The Hall–Kier alpha value is -6.72. The van der Waals surface area contributed by atoms with Crippen LogP contribution in [-0.4, -0.2) is 101 Å². The van der Waals surface area contributed by atoms with E-state index in [1.807, 2.05) is 42.5 Å². The Morgan fingerprint density at radius 1 is 0.817 bits per heavy atom. The van der Waals surface area contributed by atoms with Crippen LogP contribution in [0, 0.1) is 10.7 Å². The second-order valence-corrected chi connectivity index (χ2v) is 14.8. The molecule has 10 N–H and O–H groups in total. The molecule has 0 bridgehead atoms. The lowest BCUT2D eigenvalue weighted by Crippen LogP contribution is -2.59. The van der Waals surface area contributed by atoms with Crippen LogP contribution >= 0.6 is 0 Å². The van der Waals surface area contributed by atoms with E-state index in [2.05, 4.69) is 41.5 Å². The van der Waals surface area contributed by atoms with E-state index >= 15 is 0 Å². The Labute approximate surface area is 346 Å². The number of halogens is 1. The van der Waals surface area contributed by atoms with Gasteiger partial charge in [0.15, 0.2) is 19.0 Å². The number of hydrogen-bond acceptors (Lipinski definition) is 8. The zero-order valence-corrected chi connectivity index (χ0v) is 33.3. The second-order valence-electron chi connectivity index (χ2n) is 14.8. The van der Waals surface area contributed by atoms with Gasteiger partial charge in [-0.25, -0.2) is 9.37 Å². The first-order chi connectivity index (χ1) is 28.9. The zero-order valence-electron chi connectivity index (χ0n) is 33.3. The van der Waals surface area contributed by atoms with Gasteiger partial charge in [0, 0.05) is 55.6 Å². The minimum Gasteiger partial charge on any atom is -0.370 e. The van der Waals surface area contributed by atoms with Crippen molar-refractivity contribution in [3.05, 3.63) is 107 Å². The van der Waals surface area contributed by atoms with E-state index in [0.29, 0.717) is 30.5 Å². The molecule has 1 aromatic heterocycles. The highest BCUT2D eigenvalue weighted by Gasteiger charge is 2.32. The number of nitrogens with zero attached hydrogens (tertiary/aromatic N) is 3. The van der Waals surface area contributed by atoms with Crippen molar-refractivity contribution in [2.75, 3.05) is 26.2 Å². The number of H-pyrrole nitrogens is 1. The quantitative estimate of drug-likeness (QED) is 0.0467. The first kappa shape index (κ1) is 44.4. The fourth-order valence-corrected chi connectivity index (χ4v) is 6.86. The van der Waals surface area contributed by atoms with Gasteiger partial charge in [-0.3, -0.25) is 29.0 Å². The molecule has 4 aromatic rings. The highest BCUT2D eigenvalue weighted by Crippen LogP contribution is 2.16. The van der Waals surface area contributed by atoms with Crippen molar-refractivity contribution < 1.29 is 33.1 Å². The number of amides is 5. The van der Waals surface area contributed by atoms with E-state index in [9.17, 15) is 33.3 Å². The van der Waals surface area contributed by atoms with Crippen LogP contribution in [0.5, 0.6) is 0 Å². The van der Waals surface area contributed by atoms with E-state index in [-0.39, 0.29) is 70.7 Å². The molecular weight excluding hydrogens is 774 g/mol. The molecular formula is C42H53FN11O6+. The van der Waals surface area contributed by atoms with Crippen molar-refractivity contribution >= 4 is 46.3 Å². The molecule has 1 aliphatic rings. The Bertz CT molecular complexity index is 2130. The highest BCUT2D eigenvalue weighted by molar-refractivity contribution is 5.96. The minimum atomic E-state index is -1.29. The van der Waals surface area contributed by atoms with E-state index in [0.717, 1.165) is 21.1 Å². The van der Waals surface area contributed by atoms with Gasteiger partial charge < -0.3 is 43.0 Å². The smallest absolute Gasteiger partial charge is 0.243 e. The molecule has 0 saturated carbocycles. The molecule has 0 radical (unpaired) electrons. The number of nitrogens with two attached hydrogens (primary N) is 2. The van der Waals surface area contributed by atoms with Crippen molar-refractivity contribution in [2.45, 2.75) is 82.0 Å². The number of carbonyl (C=O) groups excluding carboxylic acids is 5. The maximum absolute atomic E-state index is 14.3. The molecule has 1 fully saturated rings. The fraction of sp³-hybridized carbons (Fsp3) is 0.405. The largest absolute Gasteiger partial charge is 0.370 e. The third kappa shape index (κ3) is 14.3. The van der Waals surface area contributed by atoms with E-state index in [1.165, 1.54) is 36.8 Å². The maximum Gasteiger partial charge on any atom is 0.243 e. The number of hydrogen-bond donors (Lipinski definition) is 8. The molecule has 5 amide bonds. The summed E-state index contributed by atoms with van der Waals surface area (Å²) in [5.41, 5.74) is 12.7. The summed E-state index contributed by atoms with van der Waals surface area (Å²) in [5, 5.41) is 15.9. The maximum atomic E-state index is 14.3. The summed E-state index contributed by atoms with van der Waals surface area (Å²) >= 11 is 0. The molecule has 1 unspecified atom stereocenters. The predicted molar refractivity (Wildman–Crippen MR) is 223 cm³/mol. The normalized spacial score (nSPS) is 20.2. The number of imidazole rings is 1. The number of rotatable bonds is 11. The Kier molecular flexibility index (Phi) is 16.6. The van der Waals surface area contributed by atoms with Crippen LogP contribution in [0.1, 0.15) is 55.3 Å². The van der Waals surface area contributed by atoms with Crippen molar-refractivity contribution in [1.29, 1.82) is 0 Å². The summed E-state index contributed by atoms with van der Waals surface area (Å²) in [6.45, 7) is 0.654. The van der Waals surface area contributed by atoms with Crippen molar-refractivity contribution in [3.63, 3.8) is 0 Å². The van der Waals surface area contributed by atoms with Crippen LogP contribution in [0.15, 0.2) is 84.2 Å². The fourth-order valence-electron chi connectivity index (χ4n) is 6.86. The van der Waals surface area contributed by atoms with Crippen molar-refractivity contribution in [3.8, 4) is 0 Å². The average Bonchev–Trinajstić information content (AvgIpc) is 3.74. The van der Waals surface area contributed by atoms with E-state index < -0.39 is 59.5 Å². The Morgan fingerprint density at radius 3 is 2.23 bits per heavy atom. The lowest BCUT2D eigenvalue weighted by atomic mass is 10.0. The van der Waals surface area contributed by atoms with E-state index in [4.69, 9.17) is 11.5 Å². The molecule has 1 aliphatic heterocycles. The molecule has 2 heterocycles. The first-order valence-corrected chi connectivity index (χ1v) is 20.1. The molecule has 0 aliphatic carbocycles. The summed E-state index contributed by atoms with van der Waals surface area (Å²) in [6.07, 6.45) is 4.43. The molecule has 1 saturated heterocycles. The monoisotopic (exact) mass is 826 g/mol. The third-order valence-corrected chi connectivity index (χ3v) is 10.0. The summed E-state index contributed by atoms with van der Waals surface area (Å²) < 4.78 is 14.8. The Morgan fingerprint density at radius 2 is 1.50 bits per heavy atom. The molecule has 4 atom stereocenters. The zero-order chi connectivity index (χ0) is 42.9. The predicted octanol–water partition coefficient (Wildman–Crippen LogP) is 1.19. The second kappa shape index (κ2) is 22.4. The van der Waals surface area contributed by atoms with Crippen LogP contribution in [0.2, 0.25) is 0 Å². The van der Waals surface area contributed by atoms with Gasteiger partial charge in [-0.15, -0.1) is 0 Å². The molecule has 17 nitrogen and oxygen atoms in total. The molecule has 60 heavy (non-hydrogen) atoms. The van der Waals surface area contributed by atoms with Gasteiger partial charge in [-0.05, 0) is 64.5 Å². The SMILES string of the molecule is NC(N)=NCCC[C@@H]1NC(=O)C(Cc2ccc(F)cc2)NC(=O)[C@H](Cc2cnc[nH]2)NC(=O)[C@@H](NC(=O)Cc2ccc3ccccc3c2)CCC[N+](=O)CCCCNC1=O. The van der Waals surface area contributed by atoms with Gasteiger partial charge in [-0.2, -0.15) is 0 Å². The standard InChI is InChI=1S/C42H52FN11O6/c43-31-15-12-27(13-16-31)22-35-40(58)51-33(9-5-18-48-42(44)45)38(56)47-17-3-4-19-54(60)20-6-10-34(39(57)53-36(41(59)52-35)24-32-25-46-26-49-32)50-37(55)23-28-11-14-29-7-1-2-8-30(29)21-28/h1-2,7-8,11-16,21,25-26,33-36H,3-6,9-10,17-20,22-24H2,(H9-,44,45,46,47,48,49,50,51,52,53,55,56,57,58,59)/p+1/t33-,34-,35?,36-/m0/s1. The third-order valence-electron chi connectivity index (χ3n) is 10.0. The van der Waals surface area contributed by atoms with Crippen LogP contribution < -0.4 is 38.1 Å². The number of fused-ring (bicyclic) bond motifs is 1. The number of guanidine groups is 1. The summed E-state index contributed by atoms with van der Waals surface area (Å²) in [6, 6.07) is 14.0. The summed E-state index contributed by atoms with van der Waals surface area (Å²) in [5.74, 6) is -3.67. The van der Waals surface area contributed by atoms with Gasteiger partial charge in [0.05, 0.1) is 12.7 Å². The molecule has 5 rings (SSSR count). The van der Waals surface area contributed by atoms with Gasteiger partial charge >= 0.3 is 0 Å². The number of aliphatic imine (C=N–C) groups is 1. The van der Waals surface area contributed by atoms with Crippen LogP contribution in [0.3, 0.4) is 0 Å². The lowest BCUT2D eigenvalue weighted by molar-refractivity contribution is -0.549.